The van der Waals surface area contributed by atoms with Crippen molar-refractivity contribution in [3.8, 4) is 0 Å². The molecule has 2 fully saturated rings. The third-order valence-corrected chi connectivity index (χ3v) is 6.61. The number of hydrogen-bond acceptors (Lipinski definition) is 3. The maximum atomic E-state index is 12.7. The van der Waals surface area contributed by atoms with Gasteiger partial charge in [-0.25, -0.2) is 0 Å². The van der Waals surface area contributed by atoms with Crippen LogP contribution in [-0.2, 0) is 15.0 Å². The van der Waals surface area contributed by atoms with Crippen LogP contribution >= 0.6 is 0 Å². The Kier molecular flexibility index (Phi) is 4.71. The summed E-state index contributed by atoms with van der Waals surface area (Å²) in [6, 6.07) is 0.0356. The second-order valence-electron chi connectivity index (χ2n) is 6.12. The van der Waals surface area contributed by atoms with Crippen LogP contribution in [0.2, 0.25) is 0 Å². The highest BCUT2D eigenvalue weighted by atomic mass is 32.2. The van der Waals surface area contributed by atoms with Crippen LogP contribution in [0.15, 0.2) is 0 Å². The highest BCUT2D eigenvalue weighted by Crippen LogP contribution is 2.28. The van der Waals surface area contributed by atoms with Crippen molar-refractivity contribution in [2.24, 2.45) is 11.8 Å². The summed E-state index contributed by atoms with van der Waals surface area (Å²) in [4.78, 5) is 10.9. The molecule has 1 N–H and O–H groups in total. The minimum Gasteiger partial charge on any atom is -0.481 e. The Bertz CT molecular complexity index is 457. The highest BCUT2D eigenvalue weighted by Gasteiger charge is 2.38. The number of hydrogen-bond donors (Lipinski definition) is 1. The largest absolute Gasteiger partial charge is 0.481 e. The average molecular weight is 304 g/mol. The van der Waals surface area contributed by atoms with Gasteiger partial charge in [-0.3, -0.25) is 4.79 Å². The monoisotopic (exact) mass is 304 g/mol. The molecule has 2 heterocycles. The van der Waals surface area contributed by atoms with Crippen LogP contribution < -0.4 is 0 Å². The zero-order valence-electron chi connectivity index (χ0n) is 12.2. The highest BCUT2D eigenvalue weighted by molar-refractivity contribution is 7.86. The number of carbonyl (C=O) groups is 1. The van der Waals surface area contributed by atoms with E-state index >= 15 is 0 Å². The topological polar surface area (TPSA) is 77.9 Å². The fourth-order valence-electron chi connectivity index (χ4n) is 3.05. The lowest BCUT2D eigenvalue weighted by molar-refractivity contribution is -0.142. The van der Waals surface area contributed by atoms with Gasteiger partial charge in [0.2, 0.25) is 0 Å². The van der Waals surface area contributed by atoms with Crippen molar-refractivity contribution < 1.29 is 18.3 Å². The fraction of sp³-hybridized carbons (Fsp3) is 0.923. The van der Waals surface area contributed by atoms with Gasteiger partial charge >= 0.3 is 5.97 Å². The van der Waals surface area contributed by atoms with Crippen LogP contribution in [0.3, 0.4) is 0 Å². The molecule has 0 amide bonds. The van der Waals surface area contributed by atoms with Gasteiger partial charge in [0.15, 0.2) is 0 Å². The van der Waals surface area contributed by atoms with Gasteiger partial charge in [0.25, 0.3) is 10.2 Å². The van der Waals surface area contributed by atoms with E-state index in [4.69, 9.17) is 5.11 Å². The molecule has 0 saturated carbocycles. The van der Waals surface area contributed by atoms with Gasteiger partial charge in [0.05, 0.1) is 5.92 Å². The van der Waals surface area contributed by atoms with E-state index in [2.05, 4.69) is 6.92 Å². The number of piperidine rings is 2. The summed E-state index contributed by atoms with van der Waals surface area (Å²) in [5.41, 5.74) is 0. The summed E-state index contributed by atoms with van der Waals surface area (Å²) in [7, 11) is -3.44. The van der Waals surface area contributed by atoms with Crippen LogP contribution in [0, 0.1) is 11.8 Å². The Hall–Kier alpha value is -0.660. The molecule has 2 aliphatic heterocycles. The van der Waals surface area contributed by atoms with Crippen LogP contribution in [0.4, 0.5) is 0 Å². The second-order valence-corrected chi connectivity index (χ2v) is 8.00. The Labute approximate surface area is 120 Å². The molecular formula is C13H24N2O4S. The molecule has 2 saturated heterocycles. The Morgan fingerprint density at radius 3 is 2.25 bits per heavy atom. The number of carboxylic acids is 1. The molecule has 6 nitrogen and oxygen atoms in total. The summed E-state index contributed by atoms with van der Waals surface area (Å²) in [6.45, 7) is 5.23. The van der Waals surface area contributed by atoms with Gasteiger partial charge in [-0.15, -0.1) is 0 Å². The van der Waals surface area contributed by atoms with Crippen molar-refractivity contribution in [2.45, 2.75) is 45.6 Å². The number of carboxylic acid groups (broad SMARTS) is 1. The number of nitrogens with zero attached hydrogens (tertiary/aromatic N) is 2. The van der Waals surface area contributed by atoms with E-state index in [1.807, 2.05) is 6.92 Å². The molecule has 20 heavy (non-hydrogen) atoms. The van der Waals surface area contributed by atoms with Crippen molar-refractivity contribution in [1.82, 2.24) is 8.61 Å². The van der Waals surface area contributed by atoms with Gasteiger partial charge < -0.3 is 5.11 Å². The summed E-state index contributed by atoms with van der Waals surface area (Å²) < 4.78 is 28.4. The predicted octanol–water partition coefficient (Wildman–Crippen LogP) is 1.15. The van der Waals surface area contributed by atoms with E-state index < -0.39 is 22.1 Å². The quantitative estimate of drug-likeness (QED) is 0.848. The fourth-order valence-corrected chi connectivity index (χ4v) is 5.02. The first-order chi connectivity index (χ1) is 9.32. The summed E-state index contributed by atoms with van der Waals surface area (Å²) >= 11 is 0. The van der Waals surface area contributed by atoms with Crippen LogP contribution in [0.5, 0.6) is 0 Å². The maximum Gasteiger partial charge on any atom is 0.306 e. The summed E-state index contributed by atoms with van der Waals surface area (Å²) in [6.07, 6.45) is 2.78. The minimum atomic E-state index is -3.44. The zero-order chi connectivity index (χ0) is 14.9. The van der Waals surface area contributed by atoms with E-state index in [-0.39, 0.29) is 6.04 Å². The first-order valence-corrected chi connectivity index (χ1v) is 8.71. The van der Waals surface area contributed by atoms with Crippen molar-refractivity contribution in [3.63, 3.8) is 0 Å². The smallest absolute Gasteiger partial charge is 0.306 e. The molecule has 0 aliphatic carbocycles. The molecule has 2 atom stereocenters. The Morgan fingerprint density at radius 1 is 1.10 bits per heavy atom. The normalized spacial score (nSPS) is 31.3. The molecule has 116 valence electrons. The van der Waals surface area contributed by atoms with Gasteiger partial charge in [-0.1, -0.05) is 6.92 Å². The van der Waals surface area contributed by atoms with Crippen molar-refractivity contribution in [2.75, 3.05) is 19.6 Å². The lowest BCUT2D eigenvalue weighted by atomic mass is 9.97. The lowest BCUT2D eigenvalue weighted by Gasteiger charge is -2.40. The van der Waals surface area contributed by atoms with Gasteiger partial charge in [-0.2, -0.15) is 17.0 Å². The molecule has 0 aromatic carbocycles. The first-order valence-electron chi connectivity index (χ1n) is 7.32. The van der Waals surface area contributed by atoms with Crippen molar-refractivity contribution in [1.29, 1.82) is 0 Å². The standard InChI is InChI=1S/C13H24N2O4S/c1-10-3-4-11(2)15(9-10)20(18,19)14-7-5-12(6-8-14)13(16)17/h10-12H,3-9H2,1-2H3,(H,16,17). The molecule has 0 bridgehead atoms. The SMILES string of the molecule is CC1CCC(C)N(S(=O)(=O)N2CCC(C(=O)O)CC2)C1. The predicted molar refractivity (Wildman–Crippen MR) is 75.4 cm³/mol. The van der Waals surface area contributed by atoms with E-state index in [0.29, 0.717) is 38.4 Å². The van der Waals surface area contributed by atoms with Crippen molar-refractivity contribution >= 4 is 16.2 Å². The van der Waals surface area contributed by atoms with Gasteiger partial charge in [0, 0.05) is 25.7 Å². The van der Waals surface area contributed by atoms with E-state index in [1.54, 1.807) is 4.31 Å². The second kappa shape index (κ2) is 5.99. The first kappa shape index (κ1) is 15.7. The molecular weight excluding hydrogens is 280 g/mol. The van der Waals surface area contributed by atoms with Crippen LogP contribution in [-0.4, -0.2) is 53.8 Å². The van der Waals surface area contributed by atoms with Gasteiger partial charge in [-0.05, 0) is 38.5 Å². The third-order valence-electron chi connectivity index (χ3n) is 4.49. The van der Waals surface area contributed by atoms with E-state index in [0.717, 1.165) is 12.8 Å². The molecule has 2 aliphatic rings. The molecule has 0 aromatic heterocycles. The zero-order valence-corrected chi connectivity index (χ0v) is 13.0. The van der Waals surface area contributed by atoms with Crippen molar-refractivity contribution in [3.05, 3.63) is 0 Å². The minimum absolute atomic E-state index is 0.0356. The summed E-state index contributed by atoms with van der Waals surface area (Å²) in [5.74, 6) is -0.835. The van der Waals surface area contributed by atoms with Crippen LogP contribution in [0.1, 0.15) is 39.5 Å². The molecule has 0 aromatic rings. The third kappa shape index (κ3) is 3.15. The summed E-state index contributed by atoms with van der Waals surface area (Å²) in [5, 5.41) is 8.97. The van der Waals surface area contributed by atoms with Crippen LogP contribution in [0.25, 0.3) is 0 Å². The molecule has 0 spiro atoms. The Morgan fingerprint density at radius 2 is 1.70 bits per heavy atom. The number of rotatable bonds is 3. The van der Waals surface area contributed by atoms with E-state index in [9.17, 15) is 13.2 Å². The average Bonchev–Trinajstić information content (AvgIpc) is 2.41. The lowest BCUT2D eigenvalue weighted by Crippen LogP contribution is -2.53. The molecule has 2 unspecified atom stereocenters. The molecule has 7 heteroatoms. The Balaban J connectivity index is 2.05. The molecule has 2 rings (SSSR count). The number of aliphatic carboxylic acids is 1. The molecule has 0 radical (unpaired) electrons. The van der Waals surface area contributed by atoms with E-state index in [1.165, 1.54) is 4.31 Å². The van der Waals surface area contributed by atoms with Gasteiger partial charge in [0.1, 0.15) is 0 Å². The maximum absolute atomic E-state index is 12.7.